The number of hydrogen-bond acceptors (Lipinski definition) is 2. The van der Waals surface area contributed by atoms with E-state index in [1.54, 1.807) is 0 Å². The second kappa shape index (κ2) is 13.0. The largest absolute Gasteiger partial charge is 0.351 e. The first-order chi connectivity index (χ1) is 20.4. The molecule has 7 rings (SSSR count). The van der Waals surface area contributed by atoms with E-state index in [9.17, 15) is 0 Å². The minimum atomic E-state index is -1.35. The molecule has 7 aromatic rings. The van der Waals surface area contributed by atoms with E-state index in [1.807, 2.05) is 49.6 Å². The van der Waals surface area contributed by atoms with E-state index in [0.29, 0.717) is 0 Å². The van der Waals surface area contributed by atoms with Crippen LogP contribution in [0.15, 0.2) is 128 Å². The fraction of sp³-hybridized carbons (Fsp3) is 0.105. The van der Waals surface area contributed by atoms with Gasteiger partial charge in [-0.1, -0.05) is 85.7 Å². The van der Waals surface area contributed by atoms with Gasteiger partial charge in [-0.15, -0.1) is 59.7 Å². The summed E-state index contributed by atoms with van der Waals surface area (Å²) in [6.07, 6.45) is 3.92. The third-order valence-corrected chi connectivity index (χ3v) is 9.45. The predicted molar refractivity (Wildman–Crippen MR) is 179 cm³/mol. The van der Waals surface area contributed by atoms with Gasteiger partial charge < -0.3 is 14.5 Å². The molecule has 0 unspecified atom stereocenters. The van der Waals surface area contributed by atoms with E-state index in [1.165, 1.54) is 32.6 Å². The summed E-state index contributed by atoms with van der Waals surface area (Å²) < 4.78 is 2.31. The van der Waals surface area contributed by atoms with Crippen LogP contribution >= 0.6 is 0 Å². The van der Waals surface area contributed by atoms with Crippen LogP contribution in [0.3, 0.4) is 0 Å². The Hall–Kier alpha value is -4.15. The van der Waals surface area contributed by atoms with Crippen LogP contribution in [0.2, 0.25) is 19.6 Å². The molecule has 4 aromatic carbocycles. The van der Waals surface area contributed by atoms with Crippen LogP contribution in [0.4, 0.5) is 0 Å². The topological polar surface area (TPSA) is 30.7 Å². The van der Waals surface area contributed by atoms with Gasteiger partial charge >= 0.3 is 0 Å². The van der Waals surface area contributed by atoms with Crippen LogP contribution in [0, 0.1) is 19.1 Å². The maximum Gasteiger partial charge on any atom is 0.0795 e. The summed E-state index contributed by atoms with van der Waals surface area (Å²) in [5, 5.41) is 3.86. The molecule has 0 spiro atoms. The number of nitrogens with zero attached hydrogens (tertiary/aromatic N) is 3. The molecule has 215 valence electrons. The number of hydrogen-bond donors (Lipinski definition) is 0. The Kier molecular flexibility index (Phi) is 9.17. The smallest absolute Gasteiger partial charge is 0.0795 e. The molecular weight excluding hydrogens is 719 g/mol. The van der Waals surface area contributed by atoms with E-state index in [0.717, 1.165) is 28.2 Å². The zero-order chi connectivity index (χ0) is 29.1. The van der Waals surface area contributed by atoms with Crippen LogP contribution in [0.25, 0.3) is 50.0 Å². The van der Waals surface area contributed by atoms with Crippen molar-refractivity contribution >= 4 is 35.1 Å². The van der Waals surface area contributed by atoms with Crippen LogP contribution in [-0.4, -0.2) is 22.6 Å². The number of fused-ring (bicyclic) bond motifs is 3. The zero-order valence-corrected chi connectivity index (χ0v) is 28.2. The van der Waals surface area contributed by atoms with Crippen LogP contribution in [0.1, 0.15) is 5.56 Å². The summed E-state index contributed by atoms with van der Waals surface area (Å²) in [6.45, 7) is 9.08. The van der Waals surface area contributed by atoms with Gasteiger partial charge in [0.1, 0.15) is 0 Å². The van der Waals surface area contributed by atoms with Gasteiger partial charge in [0, 0.05) is 43.7 Å². The second-order valence-corrected chi connectivity index (χ2v) is 16.6. The van der Waals surface area contributed by atoms with Gasteiger partial charge in [0.2, 0.25) is 0 Å². The summed E-state index contributed by atoms with van der Waals surface area (Å²) in [5.41, 5.74) is 8.76. The maximum atomic E-state index is 4.76. The predicted octanol–water partition coefficient (Wildman–Crippen LogP) is 9.05. The first-order valence-electron chi connectivity index (χ1n) is 14.3. The molecule has 0 saturated carbocycles. The van der Waals surface area contributed by atoms with Crippen molar-refractivity contribution in [2.45, 2.75) is 26.6 Å². The van der Waals surface area contributed by atoms with Crippen molar-refractivity contribution in [3.05, 3.63) is 145 Å². The minimum Gasteiger partial charge on any atom is -0.351 e. The maximum absolute atomic E-state index is 4.76. The van der Waals surface area contributed by atoms with Crippen molar-refractivity contribution in [1.82, 2.24) is 14.5 Å². The summed E-state index contributed by atoms with van der Waals surface area (Å²) in [4.78, 5) is 9.08. The summed E-state index contributed by atoms with van der Waals surface area (Å²) in [5.74, 6) is 0. The van der Waals surface area contributed by atoms with E-state index in [4.69, 9.17) is 4.98 Å². The van der Waals surface area contributed by atoms with E-state index >= 15 is 0 Å². The minimum absolute atomic E-state index is 0. The van der Waals surface area contributed by atoms with Gasteiger partial charge in [-0.05, 0) is 58.2 Å². The fourth-order valence-corrected chi connectivity index (χ4v) is 6.13. The number of aryl methyl sites for hydroxylation is 1. The Morgan fingerprint density at radius 1 is 0.628 bits per heavy atom. The normalized spacial score (nSPS) is 11.1. The summed E-state index contributed by atoms with van der Waals surface area (Å²) in [6, 6.07) is 46.4. The molecule has 3 heterocycles. The third-order valence-electron chi connectivity index (χ3n) is 7.42. The molecule has 0 aliphatic heterocycles. The molecule has 43 heavy (non-hydrogen) atoms. The van der Waals surface area contributed by atoms with Crippen molar-refractivity contribution in [3.63, 3.8) is 0 Å². The van der Waals surface area contributed by atoms with Gasteiger partial charge in [0.05, 0.1) is 8.07 Å². The average molecular weight is 752 g/mol. The van der Waals surface area contributed by atoms with Crippen molar-refractivity contribution in [3.8, 4) is 28.2 Å². The second-order valence-electron chi connectivity index (χ2n) is 11.5. The Labute approximate surface area is 268 Å². The Balaban J connectivity index is 0.000000221. The van der Waals surface area contributed by atoms with Crippen molar-refractivity contribution in [2.24, 2.45) is 0 Å². The average Bonchev–Trinajstić information content (AvgIpc) is 3.36. The first kappa shape index (κ1) is 30.3. The van der Waals surface area contributed by atoms with Crippen molar-refractivity contribution in [1.29, 1.82) is 0 Å². The van der Waals surface area contributed by atoms with Gasteiger partial charge in [0.15, 0.2) is 0 Å². The van der Waals surface area contributed by atoms with Crippen molar-refractivity contribution < 1.29 is 20.1 Å². The summed E-state index contributed by atoms with van der Waals surface area (Å²) in [7, 11) is -1.35. The Morgan fingerprint density at radius 3 is 2.00 bits per heavy atom. The molecule has 0 aliphatic rings. The third kappa shape index (κ3) is 6.60. The van der Waals surface area contributed by atoms with E-state index < -0.39 is 8.07 Å². The molecule has 1 radical (unpaired) electrons. The molecule has 0 N–H and O–H groups in total. The van der Waals surface area contributed by atoms with E-state index in [2.05, 4.69) is 126 Å². The molecule has 5 heteroatoms. The molecule has 0 fully saturated rings. The Morgan fingerprint density at radius 2 is 1.33 bits per heavy atom. The standard InChI is InChI=1S/C26H23N2Si.C12H10N.Ir/c1-29(2,3)21-14-15-24(27-18-21)19-13-16-26-23(17-19)22-11-7-8-12-25(22)28(26)20-9-5-4-6-10-20;1-10-7-8-12(13-9-10)11-5-3-2-4-6-11;/h4-12,14-18H,1-3H3;2-5,7-9H,1H3;/q2*-1;. The summed E-state index contributed by atoms with van der Waals surface area (Å²) >= 11 is 0. The molecule has 3 aromatic heterocycles. The molecule has 0 amide bonds. The quantitative estimate of drug-likeness (QED) is 0.133. The molecular formula is C38H33IrN3Si-2. The number of aromatic nitrogens is 3. The number of pyridine rings is 2. The fourth-order valence-electron chi connectivity index (χ4n) is 5.09. The molecule has 3 nitrogen and oxygen atoms in total. The van der Waals surface area contributed by atoms with Gasteiger partial charge in [-0.3, -0.25) is 0 Å². The van der Waals surface area contributed by atoms with Gasteiger partial charge in [0.25, 0.3) is 0 Å². The van der Waals surface area contributed by atoms with Gasteiger partial charge in [-0.2, -0.15) is 0 Å². The monoisotopic (exact) mass is 752 g/mol. The van der Waals surface area contributed by atoms with Crippen molar-refractivity contribution in [2.75, 3.05) is 0 Å². The van der Waals surface area contributed by atoms with Crippen LogP contribution in [-0.2, 0) is 20.1 Å². The zero-order valence-electron chi connectivity index (χ0n) is 24.8. The van der Waals surface area contributed by atoms with Crippen LogP contribution < -0.4 is 5.19 Å². The number of para-hydroxylation sites is 2. The number of benzene rings is 4. The van der Waals surface area contributed by atoms with E-state index in [-0.39, 0.29) is 20.1 Å². The Bertz CT molecular complexity index is 1940. The number of rotatable bonds is 4. The SMILES string of the molecule is C[Si](C)(C)c1ccc(-c2[c-]cc3c(c2)c2ccccc2n3-c2ccccc2)nc1.Cc1ccc(-c2[c-]cccc2)nc1.[Ir]. The van der Waals surface area contributed by atoms with Gasteiger partial charge in [-0.25, -0.2) is 0 Å². The first-order valence-corrected chi connectivity index (χ1v) is 17.8. The molecule has 0 atom stereocenters. The molecule has 0 bridgehead atoms. The molecule has 0 saturated heterocycles. The van der Waals surface area contributed by atoms with Crippen LogP contribution in [0.5, 0.6) is 0 Å². The molecule has 0 aliphatic carbocycles.